The monoisotopic (exact) mass is 239 g/mol. The summed E-state index contributed by atoms with van der Waals surface area (Å²) in [6, 6.07) is 2.59. The number of rotatable bonds is 2. The summed E-state index contributed by atoms with van der Waals surface area (Å²) in [7, 11) is 0. The highest BCUT2D eigenvalue weighted by atomic mass is 16.4. The molecule has 2 heterocycles. The van der Waals surface area contributed by atoms with Crippen LogP contribution in [0.1, 0.15) is 34.0 Å². The third-order valence-electron chi connectivity index (χ3n) is 2.71. The number of nitrogens with zero attached hydrogens (tertiary/aromatic N) is 1. The minimum atomic E-state index is -1.21. The van der Waals surface area contributed by atoms with E-state index in [1.165, 1.54) is 17.0 Å². The van der Waals surface area contributed by atoms with Gasteiger partial charge in [-0.05, 0) is 25.0 Å². The quantitative estimate of drug-likeness (QED) is 0.787. The molecule has 2 N–H and O–H groups in total. The Bertz CT molecular complexity index is 439. The first-order chi connectivity index (χ1) is 8.08. The average molecular weight is 239 g/mol. The molecule has 17 heavy (non-hydrogen) atoms. The predicted octanol–water partition coefficient (Wildman–Crippen LogP) is 0.575. The number of hydrogen-bond acceptors (Lipinski definition) is 4. The SMILES string of the molecule is O=C(O)c1ccc(C(=O)N2CCCC(O)C2)o1. The second-order valence-corrected chi connectivity index (χ2v) is 4.02. The number of likely N-dealkylation sites (tertiary alicyclic amines) is 1. The Labute approximate surface area is 97.4 Å². The molecule has 0 aromatic carbocycles. The second kappa shape index (κ2) is 4.58. The molecule has 92 valence electrons. The summed E-state index contributed by atoms with van der Waals surface area (Å²) in [5.74, 6) is -1.85. The third kappa shape index (κ3) is 2.47. The van der Waals surface area contributed by atoms with Crippen molar-refractivity contribution < 1.29 is 24.2 Å². The van der Waals surface area contributed by atoms with Gasteiger partial charge in [0.15, 0.2) is 5.76 Å². The molecule has 6 heteroatoms. The lowest BCUT2D eigenvalue weighted by Gasteiger charge is -2.29. The molecule has 1 amide bonds. The number of aliphatic hydroxyl groups excluding tert-OH is 1. The molecule has 0 spiro atoms. The largest absolute Gasteiger partial charge is 0.475 e. The molecule has 1 fully saturated rings. The molecule has 1 atom stereocenters. The minimum Gasteiger partial charge on any atom is -0.475 e. The van der Waals surface area contributed by atoms with Gasteiger partial charge < -0.3 is 19.5 Å². The Kier molecular flexibility index (Phi) is 3.14. The van der Waals surface area contributed by atoms with Crippen molar-refractivity contribution in [2.24, 2.45) is 0 Å². The van der Waals surface area contributed by atoms with Crippen LogP contribution < -0.4 is 0 Å². The maximum atomic E-state index is 11.9. The predicted molar refractivity (Wildman–Crippen MR) is 56.8 cm³/mol. The van der Waals surface area contributed by atoms with Crippen molar-refractivity contribution in [2.75, 3.05) is 13.1 Å². The summed E-state index contributed by atoms with van der Waals surface area (Å²) in [6.07, 6.45) is 0.906. The van der Waals surface area contributed by atoms with Crippen molar-refractivity contribution in [3.8, 4) is 0 Å². The number of furan rings is 1. The lowest BCUT2D eigenvalue weighted by molar-refractivity contribution is 0.0444. The van der Waals surface area contributed by atoms with Crippen LogP contribution in [0.2, 0.25) is 0 Å². The molecule has 6 nitrogen and oxygen atoms in total. The molecule has 1 aliphatic rings. The number of hydrogen-bond donors (Lipinski definition) is 2. The summed E-state index contributed by atoms with van der Waals surface area (Å²) in [5.41, 5.74) is 0. The molecular formula is C11H13NO5. The zero-order valence-electron chi connectivity index (χ0n) is 9.13. The van der Waals surface area contributed by atoms with E-state index in [1.807, 2.05) is 0 Å². The van der Waals surface area contributed by atoms with Crippen LogP contribution in [0, 0.1) is 0 Å². The van der Waals surface area contributed by atoms with Gasteiger partial charge in [-0.1, -0.05) is 0 Å². The maximum Gasteiger partial charge on any atom is 0.371 e. The van der Waals surface area contributed by atoms with E-state index < -0.39 is 12.1 Å². The summed E-state index contributed by atoms with van der Waals surface area (Å²) >= 11 is 0. The van der Waals surface area contributed by atoms with Crippen molar-refractivity contribution in [1.82, 2.24) is 4.90 Å². The van der Waals surface area contributed by atoms with E-state index in [-0.39, 0.29) is 24.0 Å². The standard InChI is InChI=1S/C11H13NO5/c13-7-2-1-5-12(6-7)10(14)8-3-4-9(17-8)11(15)16/h3-4,7,13H,1-2,5-6H2,(H,15,16). The molecule has 1 aromatic rings. The normalized spacial score (nSPS) is 20.3. The number of carboxylic acids is 1. The second-order valence-electron chi connectivity index (χ2n) is 4.02. The van der Waals surface area contributed by atoms with Crippen LogP contribution in [0.15, 0.2) is 16.5 Å². The molecule has 0 saturated carbocycles. The van der Waals surface area contributed by atoms with Gasteiger partial charge in [-0.3, -0.25) is 4.79 Å². The molecule has 1 saturated heterocycles. The van der Waals surface area contributed by atoms with Gasteiger partial charge in [-0.25, -0.2) is 4.79 Å². The van der Waals surface area contributed by atoms with E-state index >= 15 is 0 Å². The molecule has 1 aromatic heterocycles. The number of aromatic carboxylic acids is 1. The fourth-order valence-corrected chi connectivity index (χ4v) is 1.86. The summed E-state index contributed by atoms with van der Waals surface area (Å²) in [4.78, 5) is 24.0. The van der Waals surface area contributed by atoms with Gasteiger partial charge in [0.1, 0.15) is 0 Å². The first kappa shape index (κ1) is 11.7. The first-order valence-electron chi connectivity index (χ1n) is 5.38. The Morgan fingerprint density at radius 1 is 1.35 bits per heavy atom. The number of carboxylic acid groups (broad SMARTS) is 1. The Morgan fingerprint density at radius 2 is 2.06 bits per heavy atom. The van der Waals surface area contributed by atoms with Crippen molar-refractivity contribution in [1.29, 1.82) is 0 Å². The Morgan fingerprint density at radius 3 is 2.65 bits per heavy atom. The number of aliphatic hydroxyl groups is 1. The van der Waals surface area contributed by atoms with Crippen LogP contribution in [0.25, 0.3) is 0 Å². The van der Waals surface area contributed by atoms with E-state index in [2.05, 4.69) is 0 Å². The maximum absolute atomic E-state index is 11.9. The average Bonchev–Trinajstić information content (AvgIpc) is 2.77. The Hall–Kier alpha value is -1.82. The van der Waals surface area contributed by atoms with E-state index in [4.69, 9.17) is 9.52 Å². The van der Waals surface area contributed by atoms with Crippen molar-refractivity contribution in [2.45, 2.75) is 18.9 Å². The summed E-state index contributed by atoms with van der Waals surface area (Å²) in [5, 5.41) is 18.1. The van der Waals surface area contributed by atoms with Gasteiger partial charge in [0.25, 0.3) is 5.91 Å². The highest BCUT2D eigenvalue weighted by Crippen LogP contribution is 2.15. The molecule has 1 aliphatic heterocycles. The fraction of sp³-hybridized carbons (Fsp3) is 0.455. The van der Waals surface area contributed by atoms with Gasteiger partial charge in [0.05, 0.1) is 6.10 Å². The van der Waals surface area contributed by atoms with Crippen molar-refractivity contribution >= 4 is 11.9 Å². The molecular weight excluding hydrogens is 226 g/mol. The van der Waals surface area contributed by atoms with E-state index in [0.717, 1.165) is 6.42 Å². The number of carbonyl (C=O) groups is 2. The highest BCUT2D eigenvalue weighted by Gasteiger charge is 2.25. The van der Waals surface area contributed by atoms with Crippen LogP contribution >= 0.6 is 0 Å². The zero-order chi connectivity index (χ0) is 12.4. The molecule has 0 radical (unpaired) electrons. The van der Waals surface area contributed by atoms with Crippen LogP contribution in [0.4, 0.5) is 0 Å². The van der Waals surface area contributed by atoms with Crippen LogP contribution in [-0.2, 0) is 0 Å². The minimum absolute atomic E-state index is 0.00324. The molecule has 0 bridgehead atoms. The smallest absolute Gasteiger partial charge is 0.371 e. The fourth-order valence-electron chi connectivity index (χ4n) is 1.86. The van der Waals surface area contributed by atoms with Crippen molar-refractivity contribution in [3.05, 3.63) is 23.7 Å². The highest BCUT2D eigenvalue weighted by molar-refractivity contribution is 5.93. The summed E-state index contributed by atoms with van der Waals surface area (Å²) in [6.45, 7) is 0.820. The molecule has 0 aliphatic carbocycles. The number of amides is 1. The van der Waals surface area contributed by atoms with Gasteiger partial charge in [-0.15, -0.1) is 0 Å². The van der Waals surface area contributed by atoms with Crippen LogP contribution in [-0.4, -0.2) is 46.2 Å². The number of carbonyl (C=O) groups excluding carboxylic acids is 1. The molecule has 2 rings (SSSR count). The third-order valence-corrected chi connectivity index (χ3v) is 2.71. The van der Waals surface area contributed by atoms with Gasteiger partial charge in [-0.2, -0.15) is 0 Å². The lowest BCUT2D eigenvalue weighted by atomic mass is 10.1. The van der Waals surface area contributed by atoms with E-state index in [9.17, 15) is 14.7 Å². The Balaban J connectivity index is 2.10. The topological polar surface area (TPSA) is 91.0 Å². The first-order valence-corrected chi connectivity index (χ1v) is 5.38. The van der Waals surface area contributed by atoms with Gasteiger partial charge in [0.2, 0.25) is 5.76 Å². The lowest BCUT2D eigenvalue weighted by Crippen LogP contribution is -2.42. The van der Waals surface area contributed by atoms with Gasteiger partial charge >= 0.3 is 5.97 Å². The number of piperidine rings is 1. The van der Waals surface area contributed by atoms with Gasteiger partial charge in [0, 0.05) is 13.1 Å². The summed E-state index contributed by atoms with van der Waals surface area (Å²) < 4.78 is 4.92. The van der Waals surface area contributed by atoms with Crippen molar-refractivity contribution in [3.63, 3.8) is 0 Å². The van der Waals surface area contributed by atoms with Crippen LogP contribution in [0.5, 0.6) is 0 Å². The number of β-amino-alcohol motifs (C(OH)–C–C–N with tert-alkyl or cyclic N) is 1. The van der Waals surface area contributed by atoms with E-state index in [1.54, 1.807) is 0 Å². The van der Waals surface area contributed by atoms with Crippen LogP contribution in [0.3, 0.4) is 0 Å². The zero-order valence-corrected chi connectivity index (χ0v) is 9.13. The molecule has 1 unspecified atom stereocenters. The van der Waals surface area contributed by atoms with E-state index in [0.29, 0.717) is 13.0 Å².